The minimum absolute atomic E-state index is 0.0436. The highest BCUT2D eigenvalue weighted by Gasteiger charge is 2.17. The van der Waals surface area contributed by atoms with Gasteiger partial charge in [0.05, 0.1) is 0 Å². The molecule has 4 heteroatoms. The molecule has 0 saturated carbocycles. The normalized spacial score (nSPS) is 14.1. The molecule has 0 spiro atoms. The fourth-order valence-electron chi connectivity index (χ4n) is 2.53. The molecule has 4 nitrogen and oxygen atoms in total. The average molecular weight is 310 g/mol. The van der Waals surface area contributed by atoms with Crippen molar-refractivity contribution in [1.29, 1.82) is 0 Å². The Morgan fingerprint density at radius 2 is 2.04 bits per heavy atom. The van der Waals surface area contributed by atoms with E-state index in [1.807, 2.05) is 30.3 Å². The molecule has 0 aromatic heterocycles. The largest absolute Gasteiger partial charge is 0.489 e. The standard InChI is InChI=1S/C19H22N2O2/c1-14-4-2-5-15(8-14)13-23-18-7-3-6-17(9-18)19(22)21-12-16-10-20-11-16/h2-9,16,20H,10-13H2,1H3,(H,21,22). The highest BCUT2D eigenvalue weighted by atomic mass is 16.5. The van der Waals surface area contributed by atoms with Gasteiger partial charge in [-0.2, -0.15) is 0 Å². The number of hydrogen-bond acceptors (Lipinski definition) is 3. The van der Waals surface area contributed by atoms with Crippen LogP contribution < -0.4 is 15.4 Å². The average Bonchev–Trinajstić information content (AvgIpc) is 2.52. The number of hydrogen-bond donors (Lipinski definition) is 2. The van der Waals surface area contributed by atoms with Gasteiger partial charge in [0.15, 0.2) is 0 Å². The zero-order chi connectivity index (χ0) is 16.1. The maximum atomic E-state index is 12.2. The molecule has 0 radical (unpaired) electrons. The molecule has 1 fully saturated rings. The Kier molecular flexibility index (Phi) is 4.93. The van der Waals surface area contributed by atoms with Crippen LogP contribution in [-0.2, 0) is 6.61 Å². The van der Waals surface area contributed by atoms with Gasteiger partial charge >= 0.3 is 0 Å². The molecule has 23 heavy (non-hydrogen) atoms. The van der Waals surface area contributed by atoms with Crippen molar-refractivity contribution in [2.45, 2.75) is 13.5 Å². The first-order chi connectivity index (χ1) is 11.2. The first-order valence-corrected chi connectivity index (χ1v) is 7.98. The summed E-state index contributed by atoms with van der Waals surface area (Å²) >= 11 is 0. The smallest absolute Gasteiger partial charge is 0.251 e. The quantitative estimate of drug-likeness (QED) is 0.862. The summed E-state index contributed by atoms with van der Waals surface area (Å²) in [6.07, 6.45) is 0. The van der Waals surface area contributed by atoms with Crippen LogP contribution >= 0.6 is 0 Å². The molecule has 1 aliphatic heterocycles. The Labute approximate surface area is 136 Å². The Morgan fingerprint density at radius 3 is 2.78 bits per heavy atom. The Hall–Kier alpha value is -2.33. The zero-order valence-corrected chi connectivity index (χ0v) is 13.3. The van der Waals surface area contributed by atoms with Crippen molar-refractivity contribution in [3.63, 3.8) is 0 Å². The minimum Gasteiger partial charge on any atom is -0.489 e. The molecule has 1 saturated heterocycles. The topological polar surface area (TPSA) is 50.4 Å². The Morgan fingerprint density at radius 1 is 1.22 bits per heavy atom. The van der Waals surface area contributed by atoms with E-state index in [-0.39, 0.29) is 5.91 Å². The van der Waals surface area contributed by atoms with Crippen LogP contribution in [0.5, 0.6) is 5.75 Å². The van der Waals surface area contributed by atoms with E-state index in [1.165, 1.54) is 5.56 Å². The van der Waals surface area contributed by atoms with Crippen LogP contribution in [0.1, 0.15) is 21.5 Å². The summed E-state index contributed by atoms with van der Waals surface area (Å²) in [5, 5.41) is 6.17. The lowest BCUT2D eigenvalue weighted by atomic mass is 10.0. The van der Waals surface area contributed by atoms with E-state index in [4.69, 9.17) is 4.74 Å². The van der Waals surface area contributed by atoms with E-state index >= 15 is 0 Å². The van der Waals surface area contributed by atoms with Crippen LogP contribution in [0.15, 0.2) is 48.5 Å². The Bertz CT molecular complexity index is 681. The van der Waals surface area contributed by atoms with Crippen molar-refractivity contribution in [1.82, 2.24) is 10.6 Å². The van der Waals surface area contributed by atoms with Crippen LogP contribution in [-0.4, -0.2) is 25.5 Å². The second kappa shape index (κ2) is 7.29. The van der Waals surface area contributed by atoms with Crippen molar-refractivity contribution in [3.05, 3.63) is 65.2 Å². The van der Waals surface area contributed by atoms with Gasteiger partial charge in [0.1, 0.15) is 12.4 Å². The van der Waals surface area contributed by atoms with Gasteiger partial charge in [-0.05, 0) is 30.7 Å². The monoisotopic (exact) mass is 310 g/mol. The number of carbonyl (C=O) groups is 1. The fourth-order valence-corrected chi connectivity index (χ4v) is 2.53. The van der Waals surface area contributed by atoms with Crippen molar-refractivity contribution < 1.29 is 9.53 Å². The molecule has 1 aliphatic rings. The molecule has 2 N–H and O–H groups in total. The third-order valence-electron chi connectivity index (χ3n) is 4.00. The molecular formula is C19H22N2O2. The van der Waals surface area contributed by atoms with E-state index in [0.29, 0.717) is 23.8 Å². The zero-order valence-electron chi connectivity index (χ0n) is 13.3. The van der Waals surface area contributed by atoms with Gasteiger partial charge in [-0.3, -0.25) is 4.79 Å². The molecule has 0 atom stereocenters. The maximum absolute atomic E-state index is 12.2. The second-order valence-electron chi connectivity index (χ2n) is 6.04. The van der Waals surface area contributed by atoms with Crippen molar-refractivity contribution in [2.24, 2.45) is 5.92 Å². The van der Waals surface area contributed by atoms with E-state index in [2.05, 4.69) is 29.7 Å². The number of benzene rings is 2. The first kappa shape index (κ1) is 15.6. The summed E-state index contributed by atoms with van der Waals surface area (Å²) < 4.78 is 5.81. The van der Waals surface area contributed by atoms with Crippen LogP contribution in [0.2, 0.25) is 0 Å². The molecule has 2 aromatic rings. The summed E-state index contributed by atoms with van der Waals surface area (Å²) in [4.78, 5) is 12.2. The van der Waals surface area contributed by atoms with Crippen LogP contribution in [0.25, 0.3) is 0 Å². The summed E-state index contributed by atoms with van der Waals surface area (Å²) in [6.45, 7) is 5.26. The van der Waals surface area contributed by atoms with Crippen molar-refractivity contribution >= 4 is 5.91 Å². The number of ether oxygens (including phenoxy) is 1. The Balaban J connectivity index is 1.56. The van der Waals surface area contributed by atoms with E-state index in [9.17, 15) is 4.79 Å². The summed E-state index contributed by atoms with van der Waals surface area (Å²) in [5.74, 6) is 1.22. The molecule has 120 valence electrons. The van der Waals surface area contributed by atoms with E-state index < -0.39 is 0 Å². The van der Waals surface area contributed by atoms with Crippen LogP contribution in [0, 0.1) is 12.8 Å². The van der Waals surface area contributed by atoms with Gasteiger partial charge in [0.25, 0.3) is 5.91 Å². The van der Waals surface area contributed by atoms with Crippen LogP contribution in [0.4, 0.5) is 0 Å². The summed E-state index contributed by atoms with van der Waals surface area (Å²) in [6, 6.07) is 15.6. The first-order valence-electron chi connectivity index (χ1n) is 7.98. The van der Waals surface area contributed by atoms with Crippen molar-refractivity contribution in [2.75, 3.05) is 19.6 Å². The van der Waals surface area contributed by atoms with E-state index in [0.717, 1.165) is 25.2 Å². The lowest BCUT2D eigenvalue weighted by Crippen LogP contribution is -2.48. The predicted molar refractivity (Wildman–Crippen MR) is 90.6 cm³/mol. The fraction of sp³-hybridized carbons (Fsp3) is 0.316. The number of aryl methyl sites for hydroxylation is 1. The molecule has 2 aromatic carbocycles. The lowest BCUT2D eigenvalue weighted by Gasteiger charge is -2.27. The van der Waals surface area contributed by atoms with Gasteiger partial charge in [-0.15, -0.1) is 0 Å². The van der Waals surface area contributed by atoms with Gasteiger partial charge < -0.3 is 15.4 Å². The number of rotatable bonds is 6. The molecule has 0 aliphatic carbocycles. The van der Waals surface area contributed by atoms with Gasteiger partial charge in [-0.25, -0.2) is 0 Å². The highest BCUT2D eigenvalue weighted by Crippen LogP contribution is 2.16. The molecular weight excluding hydrogens is 288 g/mol. The third-order valence-corrected chi connectivity index (χ3v) is 4.00. The van der Waals surface area contributed by atoms with E-state index in [1.54, 1.807) is 6.07 Å². The highest BCUT2D eigenvalue weighted by molar-refractivity contribution is 5.94. The molecule has 3 rings (SSSR count). The van der Waals surface area contributed by atoms with Gasteiger partial charge in [-0.1, -0.05) is 35.9 Å². The van der Waals surface area contributed by atoms with Crippen LogP contribution in [0.3, 0.4) is 0 Å². The van der Waals surface area contributed by atoms with Crippen molar-refractivity contribution in [3.8, 4) is 5.75 Å². The maximum Gasteiger partial charge on any atom is 0.251 e. The minimum atomic E-state index is -0.0436. The summed E-state index contributed by atoms with van der Waals surface area (Å²) in [7, 11) is 0. The number of amides is 1. The molecule has 1 amide bonds. The summed E-state index contributed by atoms with van der Waals surface area (Å²) in [5.41, 5.74) is 2.97. The lowest BCUT2D eigenvalue weighted by molar-refractivity contribution is 0.0941. The molecule has 1 heterocycles. The number of nitrogens with one attached hydrogen (secondary N) is 2. The number of carbonyl (C=O) groups excluding carboxylic acids is 1. The third kappa shape index (κ3) is 4.33. The molecule has 0 bridgehead atoms. The van der Waals surface area contributed by atoms with Gasteiger partial charge in [0, 0.05) is 31.1 Å². The van der Waals surface area contributed by atoms with Gasteiger partial charge in [0.2, 0.25) is 0 Å². The second-order valence-corrected chi connectivity index (χ2v) is 6.04. The molecule has 0 unspecified atom stereocenters. The SMILES string of the molecule is Cc1cccc(COc2cccc(C(=O)NCC3CNC3)c2)c1. The predicted octanol–water partition coefficient (Wildman–Crippen LogP) is 2.52.